The molecule has 0 saturated carbocycles. The molecule has 0 aliphatic heterocycles. The molecule has 8 heteroatoms. The van der Waals surface area contributed by atoms with Crippen molar-refractivity contribution in [2.45, 2.75) is 25.4 Å². The fourth-order valence-electron chi connectivity index (χ4n) is 2.27. The molecular formula is C19H18BrF3N2O2. The van der Waals surface area contributed by atoms with Crippen LogP contribution in [0.3, 0.4) is 0 Å². The molecule has 144 valence electrons. The van der Waals surface area contributed by atoms with Crippen LogP contribution in [0.4, 0.5) is 18.9 Å². The second kappa shape index (κ2) is 8.12. The van der Waals surface area contributed by atoms with Gasteiger partial charge in [0.05, 0.1) is 5.41 Å². The Labute approximate surface area is 163 Å². The second-order valence-electron chi connectivity index (χ2n) is 6.46. The van der Waals surface area contributed by atoms with Crippen LogP contribution in [0.1, 0.15) is 29.8 Å². The Kier molecular flexibility index (Phi) is 6.30. The number of hydrogen-bond donors (Lipinski definition) is 2. The lowest BCUT2D eigenvalue weighted by Crippen LogP contribution is -2.35. The average molecular weight is 443 g/mol. The Morgan fingerprint density at radius 2 is 1.52 bits per heavy atom. The smallest absolute Gasteiger partial charge is 0.343 e. The third kappa shape index (κ3) is 5.82. The van der Waals surface area contributed by atoms with Gasteiger partial charge in [0.1, 0.15) is 6.54 Å². The summed E-state index contributed by atoms with van der Waals surface area (Å²) in [6, 6.07) is 13.0. The van der Waals surface area contributed by atoms with Crippen molar-refractivity contribution < 1.29 is 22.8 Å². The van der Waals surface area contributed by atoms with Crippen LogP contribution >= 0.6 is 15.9 Å². The van der Waals surface area contributed by atoms with E-state index in [-0.39, 0.29) is 11.5 Å². The van der Waals surface area contributed by atoms with Gasteiger partial charge in [-0.1, -0.05) is 28.1 Å². The van der Waals surface area contributed by atoms with Crippen LogP contribution in [0.5, 0.6) is 0 Å². The van der Waals surface area contributed by atoms with Gasteiger partial charge in [-0.05, 0) is 55.8 Å². The average Bonchev–Trinajstić information content (AvgIpc) is 2.60. The maximum atomic E-state index is 12.6. The van der Waals surface area contributed by atoms with Gasteiger partial charge in [0.25, 0.3) is 5.91 Å². The second-order valence-corrected chi connectivity index (χ2v) is 7.38. The highest BCUT2D eigenvalue weighted by Gasteiger charge is 2.30. The van der Waals surface area contributed by atoms with Crippen LogP contribution < -0.4 is 10.6 Å². The summed E-state index contributed by atoms with van der Waals surface area (Å²) in [4.78, 5) is 24.3. The lowest BCUT2D eigenvalue weighted by molar-refractivity contribution is -0.123. The Morgan fingerprint density at radius 3 is 2.04 bits per heavy atom. The molecular weight excluding hydrogens is 425 g/mol. The summed E-state index contributed by atoms with van der Waals surface area (Å²) in [6.07, 6.45) is -4.47. The van der Waals surface area contributed by atoms with Gasteiger partial charge in [0, 0.05) is 15.7 Å². The number of halogens is 4. The highest BCUT2D eigenvalue weighted by atomic mass is 79.9. The summed E-state index contributed by atoms with van der Waals surface area (Å²) in [7, 11) is 0. The van der Waals surface area contributed by atoms with Crippen molar-refractivity contribution in [1.82, 2.24) is 5.32 Å². The van der Waals surface area contributed by atoms with E-state index >= 15 is 0 Å². The zero-order valence-corrected chi connectivity index (χ0v) is 16.2. The predicted molar refractivity (Wildman–Crippen MR) is 101 cm³/mol. The predicted octanol–water partition coefficient (Wildman–Crippen LogP) is 4.66. The first-order valence-electron chi connectivity index (χ1n) is 8.01. The van der Waals surface area contributed by atoms with E-state index in [0.717, 1.165) is 10.0 Å². The van der Waals surface area contributed by atoms with Gasteiger partial charge in [0.2, 0.25) is 5.91 Å². The molecule has 27 heavy (non-hydrogen) atoms. The Bertz CT molecular complexity index is 816. The van der Waals surface area contributed by atoms with Crippen LogP contribution in [-0.2, 0) is 10.2 Å². The van der Waals surface area contributed by atoms with Crippen molar-refractivity contribution in [2.75, 3.05) is 11.9 Å². The number of nitrogens with one attached hydrogen (secondary N) is 2. The Balaban J connectivity index is 2.04. The third-order valence-corrected chi connectivity index (χ3v) is 4.52. The monoisotopic (exact) mass is 442 g/mol. The van der Waals surface area contributed by atoms with E-state index in [4.69, 9.17) is 0 Å². The maximum absolute atomic E-state index is 12.6. The fraction of sp³-hybridized carbons (Fsp3) is 0.263. The third-order valence-electron chi connectivity index (χ3n) is 3.99. The molecule has 0 aromatic heterocycles. The summed E-state index contributed by atoms with van der Waals surface area (Å²) in [5.74, 6) is -1.08. The summed E-state index contributed by atoms with van der Waals surface area (Å²) in [6.45, 7) is 2.17. The molecule has 2 amide bonds. The van der Waals surface area contributed by atoms with Crippen molar-refractivity contribution in [1.29, 1.82) is 0 Å². The van der Waals surface area contributed by atoms with E-state index in [0.29, 0.717) is 5.69 Å². The number of alkyl halides is 3. The van der Waals surface area contributed by atoms with Gasteiger partial charge in [0.15, 0.2) is 0 Å². The van der Waals surface area contributed by atoms with Crippen molar-refractivity contribution in [3.8, 4) is 0 Å². The molecule has 0 fully saturated rings. The highest BCUT2D eigenvalue weighted by molar-refractivity contribution is 9.10. The molecule has 0 heterocycles. The molecule has 0 aliphatic rings. The van der Waals surface area contributed by atoms with Crippen LogP contribution in [-0.4, -0.2) is 24.5 Å². The highest BCUT2D eigenvalue weighted by Crippen LogP contribution is 2.26. The number of carbonyl (C=O) groups excluding carboxylic acids is 2. The van der Waals surface area contributed by atoms with Crippen LogP contribution in [0.15, 0.2) is 53.0 Å². The van der Waals surface area contributed by atoms with E-state index in [9.17, 15) is 22.8 Å². The molecule has 0 radical (unpaired) electrons. The SMILES string of the molecule is CC(C)(C(=O)Nc1ccc(C(=O)NCC(F)(F)F)cc1)c1ccc(Br)cc1. The van der Waals surface area contributed by atoms with E-state index in [1.807, 2.05) is 24.3 Å². The molecule has 2 aromatic rings. The van der Waals surface area contributed by atoms with Gasteiger partial charge in [-0.15, -0.1) is 0 Å². The van der Waals surface area contributed by atoms with E-state index in [1.54, 1.807) is 19.2 Å². The van der Waals surface area contributed by atoms with E-state index < -0.39 is 24.0 Å². The van der Waals surface area contributed by atoms with Crippen molar-refractivity contribution >= 4 is 33.4 Å². The largest absolute Gasteiger partial charge is 0.405 e. The minimum atomic E-state index is -4.47. The van der Waals surface area contributed by atoms with Gasteiger partial charge in [-0.2, -0.15) is 13.2 Å². The molecule has 4 nitrogen and oxygen atoms in total. The first kappa shape index (κ1) is 21.0. The number of anilines is 1. The standard InChI is InChI=1S/C19H18BrF3N2O2/c1-18(2,13-5-7-14(20)8-6-13)17(27)25-15-9-3-12(4-10-15)16(26)24-11-19(21,22)23/h3-10H,11H2,1-2H3,(H,24,26)(H,25,27). The number of amides is 2. The molecule has 2 N–H and O–H groups in total. The summed E-state index contributed by atoms with van der Waals surface area (Å²) >= 11 is 3.35. The van der Waals surface area contributed by atoms with Gasteiger partial charge < -0.3 is 10.6 Å². The lowest BCUT2D eigenvalue weighted by Gasteiger charge is -2.24. The van der Waals surface area contributed by atoms with Crippen LogP contribution in [0.25, 0.3) is 0 Å². The maximum Gasteiger partial charge on any atom is 0.405 e. The number of benzene rings is 2. The molecule has 2 rings (SSSR count). The minimum Gasteiger partial charge on any atom is -0.343 e. The summed E-state index contributed by atoms with van der Waals surface area (Å²) in [5.41, 5.74) is 0.539. The zero-order valence-electron chi connectivity index (χ0n) is 14.7. The quantitative estimate of drug-likeness (QED) is 0.707. The zero-order chi connectivity index (χ0) is 20.2. The lowest BCUT2D eigenvalue weighted by atomic mass is 9.83. The fourth-order valence-corrected chi connectivity index (χ4v) is 2.54. The van der Waals surface area contributed by atoms with Gasteiger partial charge >= 0.3 is 6.18 Å². The van der Waals surface area contributed by atoms with E-state index in [2.05, 4.69) is 21.2 Å². The first-order chi connectivity index (χ1) is 12.5. The van der Waals surface area contributed by atoms with Crippen LogP contribution in [0, 0.1) is 0 Å². The molecule has 0 bridgehead atoms. The number of rotatable bonds is 5. The number of carbonyl (C=O) groups is 2. The molecule has 0 spiro atoms. The molecule has 0 atom stereocenters. The van der Waals surface area contributed by atoms with E-state index in [1.165, 1.54) is 24.3 Å². The minimum absolute atomic E-state index is 0.0735. The Hall–Kier alpha value is -2.35. The number of hydrogen-bond acceptors (Lipinski definition) is 2. The van der Waals surface area contributed by atoms with Crippen molar-refractivity contribution in [3.63, 3.8) is 0 Å². The Morgan fingerprint density at radius 1 is 0.963 bits per heavy atom. The van der Waals surface area contributed by atoms with Crippen molar-refractivity contribution in [3.05, 3.63) is 64.1 Å². The van der Waals surface area contributed by atoms with Gasteiger partial charge in [-0.3, -0.25) is 9.59 Å². The molecule has 0 unspecified atom stereocenters. The topological polar surface area (TPSA) is 58.2 Å². The van der Waals surface area contributed by atoms with Gasteiger partial charge in [-0.25, -0.2) is 0 Å². The normalized spacial score (nSPS) is 11.8. The summed E-state index contributed by atoms with van der Waals surface area (Å²) in [5, 5.41) is 4.55. The van der Waals surface area contributed by atoms with Crippen LogP contribution in [0.2, 0.25) is 0 Å². The first-order valence-corrected chi connectivity index (χ1v) is 8.81. The molecule has 0 aliphatic carbocycles. The summed E-state index contributed by atoms with van der Waals surface area (Å²) < 4.78 is 37.3. The molecule has 0 saturated heterocycles. The van der Waals surface area contributed by atoms with Crippen molar-refractivity contribution in [2.24, 2.45) is 0 Å². The molecule has 2 aromatic carbocycles.